The lowest BCUT2D eigenvalue weighted by atomic mass is 10.1. The lowest BCUT2D eigenvalue weighted by Gasteiger charge is -2.11. The monoisotopic (exact) mass is 399 g/mol. The molecule has 0 bridgehead atoms. The van der Waals surface area contributed by atoms with Gasteiger partial charge in [0.25, 0.3) is 0 Å². The number of sulfone groups is 1. The van der Waals surface area contributed by atoms with Gasteiger partial charge in [-0.05, 0) is 37.6 Å². The fourth-order valence-electron chi connectivity index (χ4n) is 2.84. The smallest absolute Gasteiger partial charge is 0.191 e. The molecule has 2 heterocycles. The Hall–Kier alpha value is -1.38. The molecule has 1 aliphatic rings. The third kappa shape index (κ3) is 4.07. The molecule has 1 aromatic heterocycles. The topological polar surface area (TPSA) is 81.9 Å². The van der Waals surface area contributed by atoms with E-state index in [2.05, 4.69) is 10.2 Å². The quantitative estimate of drug-likeness (QED) is 0.568. The SMILES string of the molecule is CC(Sc1nnc(C2CCS(=O)(=O)C2)n1C)C(=O)c1ccc(Cl)cc1. The number of ketones is 1. The van der Waals surface area contributed by atoms with Gasteiger partial charge < -0.3 is 4.57 Å². The summed E-state index contributed by atoms with van der Waals surface area (Å²) in [5, 5.41) is 9.15. The van der Waals surface area contributed by atoms with Crippen LogP contribution in [-0.2, 0) is 16.9 Å². The molecule has 25 heavy (non-hydrogen) atoms. The molecular weight excluding hydrogens is 382 g/mol. The first-order valence-electron chi connectivity index (χ1n) is 7.83. The van der Waals surface area contributed by atoms with Gasteiger partial charge in [0.15, 0.2) is 20.8 Å². The first-order valence-corrected chi connectivity index (χ1v) is 10.9. The molecule has 6 nitrogen and oxygen atoms in total. The zero-order chi connectivity index (χ0) is 18.2. The summed E-state index contributed by atoms with van der Waals surface area (Å²) in [7, 11) is -1.17. The number of aromatic nitrogens is 3. The van der Waals surface area contributed by atoms with E-state index in [9.17, 15) is 13.2 Å². The van der Waals surface area contributed by atoms with Gasteiger partial charge in [0.1, 0.15) is 5.82 Å². The van der Waals surface area contributed by atoms with Gasteiger partial charge in [0.2, 0.25) is 0 Å². The maximum absolute atomic E-state index is 12.5. The number of benzene rings is 1. The predicted octanol–water partition coefficient (Wildman–Crippen LogP) is 2.73. The van der Waals surface area contributed by atoms with Crippen LogP contribution < -0.4 is 0 Å². The Morgan fingerprint density at radius 2 is 2.00 bits per heavy atom. The molecule has 0 radical (unpaired) electrons. The van der Waals surface area contributed by atoms with Gasteiger partial charge in [-0.15, -0.1) is 10.2 Å². The van der Waals surface area contributed by atoms with Crippen LogP contribution in [0.2, 0.25) is 5.02 Å². The fourth-order valence-corrected chi connectivity index (χ4v) is 5.61. The minimum Gasteiger partial charge on any atom is -0.309 e. The lowest BCUT2D eigenvalue weighted by Crippen LogP contribution is -2.15. The highest BCUT2D eigenvalue weighted by Crippen LogP contribution is 2.31. The summed E-state index contributed by atoms with van der Waals surface area (Å²) < 4.78 is 25.1. The number of halogens is 1. The van der Waals surface area contributed by atoms with Crippen LogP contribution in [0.3, 0.4) is 0 Å². The summed E-state index contributed by atoms with van der Waals surface area (Å²) in [4.78, 5) is 12.5. The van der Waals surface area contributed by atoms with Crippen molar-refractivity contribution in [2.45, 2.75) is 29.7 Å². The number of nitrogens with zero attached hydrogens (tertiary/aromatic N) is 3. The van der Waals surface area contributed by atoms with Crippen molar-refractivity contribution >= 4 is 39.0 Å². The second-order valence-electron chi connectivity index (χ2n) is 6.13. The van der Waals surface area contributed by atoms with Crippen LogP contribution in [0.5, 0.6) is 0 Å². The molecular formula is C16H18ClN3O3S2. The first kappa shape index (κ1) is 18.4. The Labute approximate surface area is 155 Å². The van der Waals surface area contributed by atoms with E-state index in [-0.39, 0.29) is 28.5 Å². The second-order valence-corrected chi connectivity index (χ2v) is 10.1. The van der Waals surface area contributed by atoms with Gasteiger partial charge in [0, 0.05) is 23.6 Å². The molecule has 0 aliphatic carbocycles. The number of carbonyl (C=O) groups excluding carboxylic acids is 1. The maximum atomic E-state index is 12.5. The highest BCUT2D eigenvalue weighted by molar-refractivity contribution is 8.00. The van der Waals surface area contributed by atoms with Gasteiger partial charge >= 0.3 is 0 Å². The van der Waals surface area contributed by atoms with Crippen LogP contribution in [0, 0.1) is 0 Å². The van der Waals surface area contributed by atoms with Gasteiger partial charge in [-0.3, -0.25) is 4.79 Å². The standard InChI is InChI=1S/C16H18ClN3O3S2/c1-10(14(21)11-3-5-13(17)6-4-11)24-16-19-18-15(20(16)2)12-7-8-25(22,23)9-12/h3-6,10,12H,7-9H2,1-2H3. The summed E-state index contributed by atoms with van der Waals surface area (Å²) in [5.74, 6) is 0.824. The second kappa shape index (κ2) is 7.09. The molecule has 1 aromatic carbocycles. The Morgan fingerprint density at radius 1 is 1.32 bits per heavy atom. The number of thioether (sulfide) groups is 1. The van der Waals surface area contributed by atoms with Gasteiger partial charge in [0.05, 0.1) is 16.8 Å². The zero-order valence-electron chi connectivity index (χ0n) is 13.8. The zero-order valence-corrected chi connectivity index (χ0v) is 16.2. The van der Waals surface area contributed by atoms with Crippen molar-refractivity contribution in [1.82, 2.24) is 14.8 Å². The maximum Gasteiger partial charge on any atom is 0.191 e. The molecule has 2 unspecified atom stereocenters. The van der Waals surface area contributed by atoms with Crippen LogP contribution in [-0.4, -0.2) is 45.7 Å². The van der Waals surface area contributed by atoms with Crippen molar-refractivity contribution in [3.8, 4) is 0 Å². The molecule has 9 heteroatoms. The molecule has 134 valence electrons. The molecule has 2 atom stereocenters. The number of hydrogen-bond donors (Lipinski definition) is 0. The van der Waals surface area contributed by atoms with Crippen LogP contribution in [0.1, 0.15) is 35.4 Å². The van der Waals surface area contributed by atoms with Crippen LogP contribution in [0.25, 0.3) is 0 Å². The summed E-state index contributed by atoms with van der Waals surface area (Å²) in [6, 6.07) is 6.78. The van der Waals surface area contributed by atoms with E-state index in [1.54, 1.807) is 28.8 Å². The average Bonchev–Trinajstić information content (AvgIpc) is 3.10. The van der Waals surface area contributed by atoms with Crippen LogP contribution >= 0.6 is 23.4 Å². The van der Waals surface area contributed by atoms with E-state index < -0.39 is 9.84 Å². The van der Waals surface area contributed by atoms with E-state index in [0.29, 0.717) is 28.0 Å². The molecule has 0 spiro atoms. The van der Waals surface area contributed by atoms with Crippen molar-refractivity contribution < 1.29 is 13.2 Å². The summed E-state index contributed by atoms with van der Waals surface area (Å²) in [5.41, 5.74) is 0.591. The third-order valence-electron chi connectivity index (χ3n) is 4.25. The van der Waals surface area contributed by atoms with Crippen molar-refractivity contribution in [3.63, 3.8) is 0 Å². The predicted molar refractivity (Wildman–Crippen MR) is 98.1 cm³/mol. The molecule has 0 N–H and O–H groups in total. The van der Waals surface area contributed by atoms with E-state index in [1.165, 1.54) is 11.8 Å². The molecule has 3 rings (SSSR count). The van der Waals surface area contributed by atoms with Crippen LogP contribution in [0.15, 0.2) is 29.4 Å². The van der Waals surface area contributed by atoms with E-state index in [4.69, 9.17) is 11.6 Å². The molecule has 1 fully saturated rings. The number of rotatable bonds is 5. The Balaban J connectivity index is 1.73. The summed E-state index contributed by atoms with van der Waals surface area (Å²) in [6.07, 6.45) is 0.568. The van der Waals surface area contributed by atoms with Crippen LogP contribution in [0.4, 0.5) is 0 Å². The largest absolute Gasteiger partial charge is 0.309 e. The van der Waals surface area contributed by atoms with Crippen molar-refractivity contribution in [1.29, 1.82) is 0 Å². The van der Waals surface area contributed by atoms with Gasteiger partial charge in [-0.2, -0.15) is 0 Å². The minimum atomic E-state index is -2.98. The minimum absolute atomic E-state index is 0.0188. The van der Waals surface area contributed by atoms with E-state index in [0.717, 1.165) is 0 Å². The third-order valence-corrected chi connectivity index (χ3v) is 7.40. The normalized spacial score (nSPS) is 20.5. The number of carbonyl (C=O) groups is 1. The summed E-state index contributed by atoms with van der Waals surface area (Å²) >= 11 is 7.16. The average molecular weight is 400 g/mol. The molecule has 0 saturated carbocycles. The van der Waals surface area contributed by atoms with Crippen molar-refractivity contribution in [3.05, 3.63) is 40.7 Å². The van der Waals surface area contributed by atoms with Gasteiger partial charge in [-0.1, -0.05) is 23.4 Å². The Kier molecular flexibility index (Phi) is 5.22. The highest BCUT2D eigenvalue weighted by Gasteiger charge is 2.33. The molecule has 0 amide bonds. The first-order chi connectivity index (χ1) is 11.8. The van der Waals surface area contributed by atoms with E-state index >= 15 is 0 Å². The molecule has 1 saturated heterocycles. The summed E-state index contributed by atoms with van der Waals surface area (Å²) in [6.45, 7) is 1.82. The number of Topliss-reactive ketones (excluding diaryl/α,β-unsaturated/α-hetero) is 1. The molecule has 2 aromatic rings. The Morgan fingerprint density at radius 3 is 2.60 bits per heavy atom. The molecule has 1 aliphatic heterocycles. The highest BCUT2D eigenvalue weighted by atomic mass is 35.5. The Bertz CT molecular complexity index is 894. The van der Waals surface area contributed by atoms with E-state index in [1.807, 2.05) is 14.0 Å². The fraction of sp³-hybridized carbons (Fsp3) is 0.438. The van der Waals surface area contributed by atoms with Gasteiger partial charge in [-0.25, -0.2) is 8.42 Å². The number of hydrogen-bond acceptors (Lipinski definition) is 6. The van der Waals surface area contributed by atoms with Crippen molar-refractivity contribution in [2.24, 2.45) is 7.05 Å². The lowest BCUT2D eigenvalue weighted by molar-refractivity contribution is 0.0994. The van der Waals surface area contributed by atoms with Crippen molar-refractivity contribution in [2.75, 3.05) is 11.5 Å².